The summed E-state index contributed by atoms with van der Waals surface area (Å²) in [6, 6.07) is 5.79. The molecule has 0 fully saturated rings. The smallest absolute Gasteiger partial charge is 0.355 e. The molecule has 0 aliphatic carbocycles. The first-order chi connectivity index (χ1) is 8.10. The van der Waals surface area contributed by atoms with Gasteiger partial charge in [-0.1, -0.05) is 6.92 Å². The fourth-order valence-corrected chi connectivity index (χ4v) is 1.60. The Labute approximate surface area is 102 Å². The van der Waals surface area contributed by atoms with Gasteiger partial charge in [-0.25, -0.2) is 4.79 Å². The van der Waals surface area contributed by atoms with Gasteiger partial charge in [-0.3, -0.25) is 0 Å². The van der Waals surface area contributed by atoms with Crippen LogP contribution in [0.2, 0.25) is 0 Å². The van der Waals surface area contributed by atoms with E-state index < -0.39 is 0 Å². The summed E-state index contributed by atoms with van der Waals surface area (Å²) in [7, 11) is 0. The van der Waals surface area contributed by atoms with Crippen LogP contribution < -0.4 is 0 Å². The third-order valence-corrected chi connectivity index (χ3v) is 2.59. The highest BCUT2D eigenvalue weighted by Crippen LogP contribution is 2.14. The largest absolute Gasteiger partial charge is 0.457 e. The zero-order valence-electron chi connectivity index (χ0n) is 10.5. The molecule has 4 heteroatoms. The third-order valence-electron chi connectivity index (χ3n) is 2.59. The van der Waals surface area contributed by atoms with Crippen LogP contribution in [0.4, 0.5) is 0 Å². The molecule has 1 aromatic rings. The lowest BCUT2D eigenvalue weighted by Gasteiger charge is -2.16. The Morgan fingerprint density at radius 2 is 2.29 bits per heavy atom. The Kier molecular flexibility index (Phi) is 4.77. The number of nitrogens with zero attached hydrogens (tertiary/aromatic N) is 2. The number of nitriles is 1. The van der Waals surface area contributed by atoms with Gasteiger partial charge in [0.05, 0.1) is 12.5 Å². The van der Waals surface area contributed by atoms with Crippen molar-refractivity contribution in [1.82, 2.24) is 4.57 Å². The van der Waals surface area contributed by atoms with E-state index in [1.807, 2.05) is 43.7 Å². The van der Waals surface area contributed by atoms with Crippen LogP contribution in [0, 0.1) is 11.3 Å². The zero-order chi connectivity index (χ0) is 12.8. The Balaban J connectivity index is 2.76. The second kappa shape index (κ2) is 6.09. The third kappa shape index (κ3) is 3.35. The van der Waals surface area contributed by atoms with Gasteiger partial charge in [0.15, 0.2) is 0 Å². The van der Waals surface area contributed by atoms with Crippen molar-refractivity contribution in [3.63, 3.8) is 0 Å². The van der Waals surface area contributed by atoms with Gasteiger partial charge in [0.25, 0.3) is 0 Å². The standard InChI is InChI=1S/C13H18N2O2/c1-4-11(7-8-14)17-13(16)12-6-5-9-15(12)10(2)3/h5-6,9-11H,4,7H2,1-3H3/t11-/m0/s1. The highest BCUT2D eigenvalue weighted by Gasteiger charge is 2.18. The number of carbonyl (C=O) groups is 1. The number of rotatable bonds is 5. The summed E-state index contributed by atoms with van der Waals surface area (Å²) >= 11 is 0. The van der Waals surface area contributed by atoms with Crippen LogP contribution >= 0.6 is 0 Å². The van der Waals surface area contributed by atoms with Crippen LogP contribution in [0.25, 0.3) is 0 Å². The monoisotopic (exact) mass is 234 g/mol. The molecular formula is C13H18N2O2. The molecule has 1 aromatic heterocycles. The minimum atomic E-state index is -0.356. The lowest BCUT2D eigenvalue weighted by molar-refractivity contribution is 0.0289. The maximum absolute atomic E-state index is 11.9. The number of carbonyl (C=O) groups excluding carboxylic acids is 1. The average molecular weight is 234 g/mol. The number of ether oxygens (including phenoxy) is 1. The normalized spacial score (nSPS) is 12.2. The number of esters is 1. The van der Waals surface area contributed by atoms with E-state index in [2.05, 4.69) is 0 Å². The van der Waals surface area contributed by atoms with Gasteiger partial charge in [0.2, 0.25) is 0 Å². The van der Waals surface area contributed by atoms with Crippen LogP contribution in [0.15, 0.2) is 18.3 Å². The van der Waals surface area contributed by atoms with Crippen LogP contribution in [-0.4, -0.2) is 16.6 Å². The van der Waals surface area contributed by atoms with Crippen molar-refractivity contribution in [2.75, 3.05) is 0 Å². The fourth-order valence-electron chi connectivity index (χ4n) is 1.60. The molecule has 1 atom stereocenters. The van der Waals surface area contributed by atoms with Gasteiger partial charge < -0.3 is 9.30 Å². The summed E-state index contributed by atoms with van der Waals surface area (Å²) < 4.78 is 7.16. The number of aromatic nitrogens is 1. The lowest BCUT2D eigenvalue weighted by atomic mass is 10.2. The maximum atomic E-state index is 11.9. The molecule has 0 unspecified atom stereocenters. The lowest BCUT2D eigenvalue weighted by Crippen LogP contribution is -2.20. The predicted molar refractivity (Wildman–Crippen MR) is 64.5 cm³/mol. The molecule has 0 aliphatic heterocycles. The van der Waals surface area contributed by atoms with E-state index in [1.165, 1.54) is 0 Å². The van der Waals surface area contributed by atoms with Gasteiger partial charge in [-0.15, -0.1) is 0 Å². The Hall–Kier alpha value is -1.76. The SMILES string of the molecule is CC[C@@H](CC#N)OC(=O)c1cccn1C(C)C. The summed E-state index contributed by atoms with van der Waals surface area (Å²) in [5.74, 6) is -0.356. The Bertz CT molecular complexity index is 415. The molecule has 0 N–H and O–H groups in total. The first kappa shape index (κ1) is 13.3. The molecule has 17 heavy (non-hydrogen) atoms. The van der Waals surface area contributed by atoms with Crippen molar-refractivity contribution in [1.29, 1.82) is 5.26 Å². The highest BCUT2D eigenvalue weighted by molar-refractivity contribution is 5.87. The molecule has 0 aromatic carbocycles. The van der Waals surface area contributed by atoms with Crippen molar-refractivity contribution >= 4 is 5.97 Å². The van der Waals surface area contributed by atoms with Crippen LogP contribution in [0.3, 0.4) is 0 Å². The average Bonchev–Trinajstić information content (AvgIpc) is 2.77. The minimum Gasteiger partial charge on any atom is -0.457 e. The van der Waals surface area contributed by atoms with Crippen LogP contribution in [-0.2, 0) is 4.74 Å². The molecule has 92 valence electrons. The van der Waals surface area contributed by atoms with Gasteiger partial charge in [0.1, 0.15) is 11.8 Å². The quantitative estimate of drug-likeness (QED) is 0.736. The van der Waals surface area contributed by atoms with Gasteiger partial charge in [-0.2, -0.15) is 5.26 Å². The van der Waals surface area contributed by atoms with Crippen molar-refractivity contribution in [3.05, 3.63) is 24.0 Å². The Morgan fingerprint density at radius 3 is 2.82 bits per heavy atom. The van der Waals surface area contributed by atoms with E-state index in [9.17, 15) is 4.79 Å². The fraction of sp³-hybridized carbons (Fsp3) is 0.538. The van der Waals surface area contributed by atoms with E-state index >= 15 is 0 Å². The summed E-state index contributed by atoms with van der Waals surface area (Å²) in [6.45, 7) is 5.91. The molecule has 0 amide bonds. The van der Waals surface area contributed by atoms with E-state index in [0.29, 0.717) is 12.1 Å². The predicted octanol–water partition coefficient (Wildman–Crippen LogP) is 2.92. The summed E-state index contributed by atoms with van der Waals surface area (Å²) in [5, 5.41) is 8.61. The maximum Gasteiger partial charge on any atom is 0.355 e. The summed E-state index contributed by atoms with van der Waals surface area (Å²) in [4.78, 5) is 11.9. The number of hydrogen-bond donors (Lipinski definition) is 0. The molecule has 0 radical (unpaired) electrons. The van der Waals surface area contributed by atoms with E-state index in [0.717, 1.165) is 0 Å². The van der Waals surface area contributed by atoms with E-state index in [1.54, 1.807) is 6.07 Å². The second-order valence-electron chi connectivity index (χ2n) is 4.19. The summed E-state index contributed by atoms with van der Waals surface area (Å²) in [5.41, 5.74) is 0.538. The Morgan fingerprint density at radius 1 is 1.59 bits per heavy atom. The minimum absolute atomic E-state index is 0.212. The van der Waals surface area contributed by atoms with Gasteiger partial charge in [-0.05, 0) is 32.4 Å². The van der Waals surface area contributed by atoms with Crippen molar-refractivity contribution in [2.24, 2.45) is 0 Å². The molecule has 0 saturated heterocycles. The van der Waals surface area contributed by atoms with Gasteiger partial charge in [0, 0.05) is 12.2 Å². The molecule has 0 bridgehead atoms. The topological polar surface area (TPSA) is 55.0 Å². The molecule has 1 heterocycles. The first-order valence-corrected chi connectivity index (χ1v) is 5.84. The van der Waals surface area contributed by atoms with Crippen molar-refractivity contribution in [2.45, 2.75) is 45.8 Å². The van der Waals surface area contributed by atoms with E-state index in [-0.39, 0.29) is 24.5 Å². The molecule has 4 nitrogen and oxygen atoms in total. The highest BCUT2D eigenvalue weighted by atomic mass is 16.5. The van der Waals surface area contributed by atoms with Crippen molar-refractivity contribution in [3.8, 4) is 6.07 Å². The van der Waals surface area contributed by atoms with Crippen LogP contribution in [0.5, 0.6) is 0 Å². The van der Waals surface area contributed by atoms with Crippen LogP contribution in [0.1, 0.15) is 50.1 Å². The van der Waals surface area contributed by atoms with E-state index in [4.69, 9.17) is 10.00 Å². The summed E-state index contributed by atoms with van der Waals surface area (Å²) in [6.07, 6.45) is 2.43. The molecule has 0 aliphatic rings. The molecule has 0 spiro atoms. The molecule has 1 rings (SSSR count). The molecular weight excluding hydrogens is 216 g/mol. The van der Waals surface area contributed by atoms with Crippen molar-refractivity contribution < 1.29 is 9.53 Å². The zero-order valence-corrected chi connectivity index (χ0v) is 10.5. The van der Waals surface area contributed by atoms with Gasteiger partial charge >= 0.3 is 5.97 Å². The number of hydrogen-bond acceptors (Lipinski definition) is 3. The molecule has 0 saturated carbocycles. The second-order valence-corrected chi connectivity index (χ2v) is 4.19. The first-order valence-electron chi connectivity index (χ1n) is 5.84.